The summed E-state index contributed by atoms with van der Waals surface area (Å²) in [7, 11) is 0. The van der Waals surface area contributed by atoms with Gasteiger partial charge in [-0.2, -0.15) is 10.4 Å². The van der Waals surface area contributed by atoms with E-state index in [1.165, 1.54) is 0 Å². The van der Waals surface area contributed by atoms with Crippen molar-refractivity contribution in [3.63, 3.8) is 0 Å². The summed E-state index contributed by atoms with van der Waals surface area (Å²) in [5, 5.41) is 23.0. The van der Waals surface area contributed by atoms with Crippen LogP contribution in [0.15, 0.2) is 30.3 Å². The van der Waals surface area contributed by atoms with E-state index in [0.29, 0.717) is 35.9 Å². The highest BCUT2D eigenvalue weighted by Crippen LogP contribution is 2.38. The topological polar surface area (TPSA) is 74.1 Å². The maximum absolute atomic E-state index is 15.1. The number of nitriles is 1. The minimum atomic E-state index is -0.243. The van der Waals surface area contributed by atoms with Gasteiger partial charge in [0.15, 0.2) is 5.82 Å². The lowest BCUT2D eigenvalue weighted by Gasteiger charge is -2.29. The van der Waals surface area contributed by atoms with Crippen LogP contribution in [0.25, 0.3) is 10.8 Å². The second-order valence-electron chi connectivity index (χ2n) is 8.48. The Bertz CT molecular complexity index is 1220. The molecule has 158 valence electrons. The molecule has 2 aliphatic rings. The zero-order chi connectivity index (χ0) is 21.7. The molecule has 0 amide bonds. The Kier molecular flexibility index (Phi) is 4.75. The predicted octanol–water partition coefficient (Wildman–Crippen LogP) is 4.41. The molecule has 0 aliphatic carbocycles. The van der Waals surface area contributed by atoms with Gasteiger partial charge < -0.3 is 15.0 Å². The third-order valence-corrected chi connectivity index (χ3v) is 6.56. The summed E-state index contributed by atoms with van der Waals surface area (Å²) < 4.78 is 20.8. The molecule has 31 heavy (non-hydrogen) atoms. The molecule has 3 heterocycles. The number of halogens is 1. The molecule has 2 saturated heterocycles. The van der Waals surface area contributed by atoms with Crippen LogP contribution >= 0.6 is 0 Å². The standard InChI is InChI=1S/C24H24FN5O/c1-13-16(10-26)5-4-6-19(13)14(2)27-24-21-9-23(30-11-18-7-17(30)12-31-18)22(25)8-20(21)15(3)28-29-24/h4-6,8-9,14,17-18H,7,11-12H2,1-3H3,(H,27,29)/t14-,17-,18-/m1/s1. The maximum Gasteiger partial charge on any atom is 0.157 e. The first kappa shape index (κ1) is 19.7. The number of aryl methyl sites for hydroxylation is 1. The van der Waals surface area contributed by atoms with E-state index in [-0.39, 0.29) is 24.0 Å². The summed E-state index contributed by atoms with van der Waals surface area (Å²) in [6.45, 7) is 7.17. The van der Waals surface area contributed by atoms with Crippen molar-refractivity contribution >= 4 is 22.3 Å². The average molecular weight is 417 g/mol. The number of nitrogens with one attached hydrogen (secondary N) is 1. The molecule has 2 bridgehead atoms. The highest BCUT2D eigenvalue weighted by atomic mass is 19.1. The number of ether oxygens (including phenoxy) is 1. The first-order valence-electron chi connectivity index (χ1n) is 10.6. The van der Waals surface area contributed by atoms with E-state index >= 15 is 4.39 Å². The van der Waals surface area contributed by atoms with Crippen molar-refractivity contribution in [1.82, 2.24) is 10.2 Å². The summed E-state index contributed by atoms with van der Waals surface area (Å²) in [5.41, 5.74) is 3.89. The monoisotopic (exact) mass is 417 g/mol. The lowest BCUT2D eigenvalue weighted by molar-refractivity contribution is 0.0989. The van der Waals surface area contributed by atoms with Crippen LogP contribution < -0.4 is 10.2 Å². The largest absolute Gasteiger partial charge is 0.374 e. The van der Waals surface area contributed by atoms with Crippen LogP contribution in [0, 0.1) is 31.0 Å². The maximum atomic E-state index is 15.1. The molecule has 0 unspecified atom stereocenters. The highest BCUT2D eigenvalue weighted by Gasteiger charge is 2.40. The molecule has 5 rings (SSSR count). The average Bonchev–Trinajstić information content (AvgIpc) is 3.39. The highest BCUT2D eigenvalue weighted by molar-refractivity contribution is 5.95. The molecule has 3 aromatic rings. The molecule has 2 fully saturated rings. The van der Waals surface area contributed by atoms with Gasteiger partial charge in [0.1, 0.15) is 5.82 Å². The second kappa shape index (κ2) is 7.47. The molecule has 3 atom stereocenters. The number of morpholine rings is 1. The van der Waals surface area contributed by atoms with Crippen LogP contribution in [-0.4, -0.2) is 35.5 Å². The second-order valence-corrected chi connectivity index (χ2v) is 8.48. The molecule has 2 aliphatic heterocycles. The van der Waals surface area contributed by atoms with Crippen LogP contribution in [-0.2, 0) is 4.74 Å². The molecule has 2 aromatic carbocycles. The fraction of sp³-hybridized carbons (Fsp3) is 0.375. The van der Waals surface area contributed by atoms with E-state index in [9.17, 15) is 5.26 Å². The number of anilines is 2. The van der Waals surface area contributed by atoms with E-state index in [1.807, 2.05) is 45.0 Å². The van der Waals surface area contributed by atoms with Gasteiger partial charge in [-0.1, -0.05) is 12.1 Å². The molecular weight excluding hydrogens is 393 g/mol. The van der Waals surface area contributed by atoms with Crippen LogP contribution in [0.5, 0.6) is 0 Å². The van der Waals surface area contributed by atoms with Gasteiger partial charge in [0.2, 0.25) is 0 Å². The lowest BCUT2D eigenvalue weighted by atomic mass is 9.98. The van der Waals surface area contributed by atoms with E-state index in [1.54, 1.807) is 6.07 Å². The predicted molar refractivity (Wildman–Crippen MR) is 118 cm³/mol. The Morgan fingerprint density at radius 2 is 2.10 bits per heavy atom. The molecule has 6 nitrogen and oxygen atoms in total. The number of hydrogen-bond acceptors (Lipinski definition) is 6. The molecule has 1 aromatic heterocycles. The van der Waals surface area contributed by atoms with Crippen molar-refractivity contribution in [2.45, 2.75) is 45.4 Å². The molecule has 0 spiro atoms. The summed E-state index contributed by atoms with van der Waals surface area (Å²) in [6, 6.07) is 11.5. The molecule has 7 heteroatoms. The molecule has 0 radical (unpaired) electrons. The molecule has 0 saturated carbocycles. The third kappa shape index (κ3) is 3.28. The Morgan fingerprint density at radius 3 is 2.81 bits per heavy atom. The Labute approximate surface area is 180 Å². The fourth-order valence-corrected chi connectivity index (χ4v) is 4.84. The van der Waals surface area contributed by atoms with E-state index < -0.39 is 0 Å². The summed E-state index contributed by atoms with van der Waals surface area (Å²) >= 11 is 0. The van der Waals surface area contributed by atoms with Crippen molar-refractivity contribution < 1.29 is 9.13 Å². The zero-order valence-electron chi connectivity index (χ0n) is 17.8. The van der Waals surface area contributed by atoms with Crippen LogP contribution in [0.1, 0.15) is 41.8 Å². The number of rotatable bonds is 4. The Morgan fingerprint density at radius 1 is 1.26 bits per heavy atom. The Hall–Kier alpha value is -3.24. The van der Waals surface area contributed by atoms with Gasteiger partial charge >= 0.3 is 0 Å². The fourth-order valence-electron chi connectivity index (χ4n) is 4.84. The van der Waals surface area contributed by atoms with Crippen LogP contribution in [0.3, 0.4) is 0 Å². The summed E-state index contributed by atoms with van der Waals surface area (Å²) in [6.07, 6.45) is 1.13. The first-order chi connectivity index (χ1) is 15.0. The quantitative estimate of drug-likeness (QED) is 0.678. The van der Waals surface area contributed by atoms with Crippen LogP contribution in [0.2, 0.25) is 0 Å². The van der Waals surface area contributed by atoms with Gasteiger partial charge in [0.05, 0.1) is 47.8 Å². The van der Waals surface area contributed by atoms with Crippen molar-refractivity contribution in [3.8, 4) is 6.07 Å². The zero-order valence-corrected chi connectivity index (χ0v) is 17.8. The number of benzene rings is 2. The van der Waals surface area contributed by atoms with Crippen molar-refractivity contribution in [1.29, 1.82) is 5.26 Å². The summed E-state index contributed by atoms with van der Waals surface area (Å²) in [5.74, 6) is 0.365. The molecular formula is C24H24FN5O. The lowest BCUT2D eigenvalue weighted by Crippen LogP contribution is -2.37. The Balaban J connectivity index is 1.55. The van der Waals surface area contributed by atoms with Gasteiger partial charge in [0.25, 0.3) is 0 Å². The number of hydrogen-bond donors (Lipinski definition) is 1. The molecule has 1 N–H and O–H groups in total. The van der Waals surface area contributed by atoms with Gasteiger partial charge in [-0.25, -0.2) is 4.39 Å². The van der Waals surface area contributed by atoms with Gasteiger partial charge in [-0.05, 0) is 56.5 Å². The first-order valence-corrected chi connectivity index (χ1v) is 10.6. The van der Waals surface area contributed by atoms with E-state index in [2.05, 4.69) is 26.5 Å². The van der Waals surface area contributed by atoms with Crippen molar-refractivity contribution in [2.24, 2.45) is 0 Å². The van der Waals surface area contributed by atoms with Crippen LogP contribution in [0.4, 0.5) is 15.9 Å². The third-order valence-electron chi connectivity index (χ3n) is 6.56. The minimum Gasteiger partial charge on any atom is -0.374 e. The number of fused-ring (bicyclic) bond motifs is 3. The number of aromatic nitrogens is 2. The minimum absolute atomic E-state index is 0.0989. The summed E-state index contributed by atoms with van der Waals surface area (Å²) in [4.78, 5) is 2.12. The smallest absolute Gasteiger partial charge is 0.157 e. The van der Waals surface area contributed by atoms with E-state index in [0.717, 1.165) is 28.3 Å². The van der Waals surface area contributed by atoms with E-state index in [4.69, 9.17) is 4.74 Å². The van der Waals surface area contributed by atoms with Gasteiger partial charge in [-0.3, -0.25) is 0 Å². The number of nitrogens with zero attached hydrogens (tertiary/aromatic N) is 4. The van der Waals surface area contributed by atoms with Gasteiger partial charge in [-0.15, -0.1) is 5.10 Å². The normalized spacial score (nSPS) is 20.8. The van der Waals surface area contributed by atoms with Crippen molar-refractivity contribution in [2.75, 3.05) is 23.4 Å². The SMILES string of the molecule is Cc1c(C#N)cccc1[C@@H](C)Nc1nnc(C)c2cc(F)c(N3C[C@H]4C[C@@H]3CO4)cc12. The van der Waals surface area contributed by atoms with Crippen molar-refractivity contribution in [3.05, 3.63) is 58.5 Å². The van der Waals surface area contributed by atoms with Gasteiger partial charge in [0, 0.05) is 17.3 Å².